The van der Waals surface area contributed by atoms with Crippen molar-refractivity contribution < 1.29 is 13.9 Å². The van der Waals surface area contributed by atoms with E-state index in [-0.39, 0.29) is 17.6 Å². The van der Waals surface area contributed by atoms with Crippen LogP contribution in [0.4, 0.5) is 10.1 Å². The Hall–Kier alpha value is -2.66. The minimum Gasteiger partial charge on any atom is -0.494 e. The van der Waals surface area contributed by atoms with Gasteiger partial charge in [-0.3, -0.25) is 4.79 Å². The number of anilines is 1. The number of fused-ring (bicyclic) bond motifs is 1. The van der Waals surface area contributed by atoms with Gasteiger partial charge in [-0.25, -0.2) is 4.39 Å². The minimum atomic E-state index is -0.273. The average molecular weight is 367 g/mol. The van der Waals surface area contributed by atoms with E-state index in [0.717, 1.165) is 33.0 Å². The van der Waals surface area contributed by atoms with Gasteiger partial charge in [-0.05, 0) is 30.7 Å². The van der Waals surface area contributed by atoms with Crippen molar-refractivity contribution >= 4 is 22.9 Å². The van der Waals surface area contributed by atoms with E-state index >= 15 is 0 Å². The van der Waals surface area contributed by atoms with Crippen molar-refractivity contribution in [2.45, 2.75) is 19.3 Å². The molecule has 0 saturated heterocycles. The highest BCUT2D eigenvalue weighted by molar-refractivity contribution is 7.11. The summed E-state index contributed by atoms with van der Waals surface area (Å²) >= 11 is 1.62. The van der Waals surface area contributed by atoms with Crippen LogP contribution in [0.25, 0.3) is 11.1 Å². The first-order chi connectivity index (χ1) is 12.7. The maximum atomic E-state index is 13.2. The largest absolute Gasteiger partial charge is 0.494 e. The van der Waals surface area contributed by atoms with Gasteiger partial charge in [0.05, 0.1) is 12.3 Å². The number of hydrogen-bond donors (Lipinski definition) is 1. The second-order valence-corrected chi connectivity index (χ2v) is 7.08. The van der Waals surface area contributed by atoms with Crippen molar-refractivity contribution in [2.24, 2.45) is 0 Å². The van der Waals surface area contributed by atoms with Crippen LogP contribution < -0.4 is 10.1 Å². The van der Waals surface area contributed by atoms with Crippen LogP contribution in [0.3, 0.4) is 0 Å². The lowest BCUT2D eigenvalue weighted by atomic mass is 9.88. The van der Waals surface area contributed by atoms with Crippen molar-refractivity contribution in [1.29, 1.82) is 0 Å². The molecule has 3 aromatic rings. The van der Waals surface area contributed by atoms with Crippen molar-refractivity contribution in [2.75, 3.05) is 11.9 Å². The summed E-state index contributed by atoms with van der Waals surface area (Å²) in [5, 5.41) is 5.04. The van der Waals surface area contributed by atoms with E-state index in [2.05, 4.69) is 5.32 Å². The molecule has 1 atom stereocenters. The molecular formula is C21H18FNO2S. The van der Waals surface area contributed by atoms with Crippen LogP contribution in [0, 0.1) is 5.82 Å². The molecule has 5 heteroatoms. The third kappa shape index (κ3) is 2.99. The molecule has 0 spiro atoms. The zero-order valence-corrected chi connectivity index (χ0v) is 15.1. The number of carbonyl (C=O) groups is 1. The van der Waals surface area contributed by atoms with Gasteiger partial charge in [0, 0.05) is 33.7 Å². The highest BCUT2D eigenvalue weighted by Crippen LogP contribution is 2.48. The molecule has 0 unspecified atom stereocenters. The van der Waals surface area contributed by atoms with Crippen molar-refractivity contribution in [3.05, 3.63) is 70.2 Å². The number of thiophene rings is 1. The van der Waals surface area contributed by atoms with Gasteiger partial charge in [0.2, 0.25) is 5.91 Å². The molecule has 0 radical (unpaired) electrons. The lowest BCUT2D eigenvalue weighted by molar-refractivity contribution is -0.116. The molecule has 26 heavy (non-hydrogen) atoms. The SMILES string of the molecule is CCOc1ccccc1[C@H]1CC(=O)Nc2c(-c3ccc(F)cc3)csc21. The number of carbonyl (C=O) groups excluding carboxylic acids is 1. The smallest absolute Gasteiger partial charge is 0.225 e. The third-order valence-corrected chi connectivity index (χ3v) is 5.64. The summed E-state index contributed by atoms with van der Waals surface area (Å²) in [6, 6.07) is 14.2. The zero-order valence-electron chi connectivity index (χ0n) is 14.3. The lowest BCUT2D eigenvalue weighted by Gasteiger charge is -2.25. The van der Waals surface area contributed by atoms with Crippen LogP contribution in [0.1, 0.15) is 29.7 Å². The monoisotopic (exact) mass is 367 g/mol. The second kappa shape index (κ2) is 6.92. The van der Waals surface area contributed by atoms with Gasteiger partial charge >= 0.3 is 0 Å². The molecular weight excluding hydrogens is 349 g/mol. The first-order valence-corrected chi connectivity index (χ1v) is 9.44. The van der Waals surface area contributed by atoms with Gasteiger partial charge in [-0.2, -0.15) is 0 Å². The van der Waals surface area contributed by atoms with Gasteiger partial charge in [0.25, 0.3) is 0 Å². The fourth-order valence-corrected chi connectivity index (χ4v) is 4.53. The van der Waals surface area contributed by atoms with Crippen molar-refractivity contribution in [1.82, 2.24) is 0 Å². The van der Waals surface area contributed by atoms with E-state index in [9.17, 15) is 9.18 Å². The molecule has 0 aliphatic carbocycles. The standard InChI is InChI=1S/C21H18FNO2S/c1-2-25-18-6-4-3-5-15(18)16-11-19(24)23-20-17(12-26-21(16)20)13-7-9-14(22)10-8-13/h3-10,12,16H,2,11H2,1H3,(H,23,24)/t16-/m1/s1. The van der Waals surface area contributed by atoms with Crippen LogP contribution in [0.5, 0.6) is 5.75 Å². The van der Waals surface area contributed by atoms with E-state index < -0.39 is 0 Å². The summed E-state index contributed by atoms with van der Waals surface area (Å²) in [4.78, 5) is 13.5. The highest BCUT2D eigenvalue weighted by Gasteiger charge is 2.32. The van der Waals surface area contributed by atoms with E-state index in [1.807, 2.05) is 36.6 Å². The highest BCUT2D eigenvalue weighted by atomic mass is 32.1. The second-order valence-electron chi connectivity index (χ2n) is 6.17. The first-order valence-electron chi connectivity index (χ1n) is 8.56. The molecule has 0 saturated carbocycles. The Morgan fingerprint density at radius 1 is 1.19 bits per heavy atom. The predicted octanol–water partition coefficient (Wildman–Crippen LogP) is 5.43. The molecule has 1 aliphatic rings. The van der Waals surface area contributed by atoms with Gasteiger partial charge < -0.3 is 10.1 Å². The number of hydrogen-bond acceptors (Lipinski definition) is 3. The molecule has 1 aromatic heterocycles. The molecule has 1 amide bonds. The molecule has 0 fully saturated rings. The Morgan fingerprint density at radius 2 is 1.96 bits per heavy atom. The maximum absolute atomic E-state index is 13.2. The van der Waals surface area contributed by atoms with Crippen LogP contribution in [0.15, 0.2) is 53.9 Å². The van der Waals surface area contributed by atoms with E-state index in [1.54, 1.807) is 23.5 Å². The van der Waals surface area contributed by atoms with Gasteiger partial charge in [-0.15, -0.1) is 11.3 Å². The summed E-state index contributed by atoms with van der Waals surface area (Å²) < 4.78 is 19.0. The molecule has 2 heterocycles. The average Bonchev–Trinajstić information content (AvgIpc) is 3.06. The predicted molar refractivity (Wildman–Crippen MR) is 102 cm³/mol. The Kier molecular flexibility index (Phi) is 4.47. The third-order valence-electron chi connectivity index (χ3n) is 4.54. The topological polar surface area (TPSA) is 38.3 Å². The van der Waals surface area contributed by atoms with Crippen LogP contribution >= 0.6 is 11.3 Å². The summed E-state index contributed by atoms with van der Waals surface area (Å²) in [6.45, 7) is 2.53. The molecule has 132 valence electrons. The summed E-state index contributed by atoms with van der Waals surface area (Å²) in [6.07, 6.45) is 0.389. The molecule has 1 N–H and O–H groups in total. The van der Waals surface area contributed by atoms with Gasteiger partial charge in [0.15, 0.2) is 0 Å². The quantitative estimate of drug-likeness (QED) is 0.668. The number of halogens is 1. The maximum Gasteiger partial charge on any atom is 0.225 e. The number of para-hydroxylation sites is 1. The number of rotatable bonds is 4. The molecule has 1 aliphatic heterocycles. The van der Waals surface area contributed by atoms with E-state index in [1.165, 1.54) is 12.1 Å². The summed E-state index contributed by atoms with van der Waals surface area (Å²) in [5.41, 5.74) is 3.67. The molecule has 0 bridgehead atoms. The number of ether oxygens (including phenoxy) is 1. The number of nitrogens with one attached hydrogen (secondary N) is 1. The van der Waals surface area contributed by atoms with E-state index in [4.69, 9.17) is 4.74 Å². The van der Waals surface area contributed by atoms with Crippen LogP contribution in [-0.4, -0.2) is 12.5 Å². The molecule has 3 nitrogen and oxygen atoms in total. The normalized spacial score (nSPS) is 16.1. The summed E-state index contributed by atoms with van der Waals surface area (Å²) in [5.74, 6) is 0.485. The summed E-state index contributed by atoms with van der Waals surface area (Å²) in [7, 11) is 0. The van der Waals surface area contributed by atoms with Crippen molar-refractivity contribution in [3.8, 4) is 16.9 Å². The Morgan fingerprint density at radius 3 is 2.73 bits per heavy atom. The van der Waals surface area contributed by atoms with E-state index in [0.29, 0.717) is 13.0 Å². The Bertz CT molecular complexity index is 949. The van der Waals surface area contributed by atoms with Gasteiger partial charge in [0.1, 0.15) is 11.6 Å². The Labute approximate surface area is 155 Å². The van der Waals surface area contributed by atoms with Crippen molar-refractivity contribution in [3.63, 3.8) is 0 Å². The van der Waals surface area contributed by atoms with Crippen LogP contribution in [-0.2, 0) is 4.79 Å². The Balaban J connectivity index is 1.80. The van der Waals surface area contributed by atoms with Crippen LogP contribution in [0.2, 0.25) is 0 Å². The number of amides is 1. The zero-order chi connectivity index (χ0) is 18.1. The molecule has 4 rings (SSSR count). The molecule has 2 aromatic carbocycles. The lowest BCUT2D eigenvalue weighted by Crippen LogP contribution is -2.22. The fourth-order valence-electron chi connectivity index (χ4n) is 3.38. The first kappa shape index (κ1) is 16.8. The minimum absolute atomic E-state index is 0.0180. The number of benzene rings is 2. The fraction of sp³-hybridized carbons (Fsp3) is 0.190. The van der Waals surface area contributed by atoms with Gasteiger partial charge in [-0.1, -0.05) is 30.3 Å².